The molecule has 2 aromatic rings. The van der Waals surface area contributed by atoms with E-state index in [1.807, 2.05) is 17.0 Å². The molecule has 1 aromatic carbocycles. The molecule has 0 atom stereocenters. The van der Waals surface area contributed by atoms with E-state index >= 15 is 0 Å². The number of carbonyl (C=O) groups excluding carboxylic acids is 1. The van der Waals surface area contributed by atoms with Crippen LogP contribution in [0.1, 0.15) is 16.8 Å². The standard InChI is InChI=1S/C12H10Br2N2O/c13-9-4-7-8(12(17)16-2-1-3-16)6-15-11(7)5-10(9)14/h4-6,15H,1-3H2. The number of carbonyl (C=O) groups is 1. The molecular weight excluding hydrogens is 348 g/mol. The molecule has 2 heterocycles. The molecule has 0 saturated carbocycles. The second-order valence-electron chi connectivity index (χ2n) is 4.16. The Hall–Kier alpha value is -0.810. The van der Waals surface area contributed by atoms with E-state index in [-0.39, 0.29) is 5.91 Å². The van der Waals surface area contributed by atoms with Gasteiger partial charge in [0.2, 0.25) is 0 Å². The fourth-order valence-corrected chi connectivity index (χ4v) is 2.67. The van der Waals surface area contributed by atoms with E-state index in [1.54, 1.807) is 6.20 Å². The maximum absolute atomic E-state index is 12.2. The van der Waals surface area contributed by atoms with Crippen LogP contribution in [-0.2, 0) is 0 Å². The minimum absolute atomic E-state index is 0.122. The first-order valence-electron chi connectivity index (χ1n) is 5.42. The van der Waals surface area contributed by atoms with Gasteiger partial charge in [0.25, 0.3) is 5.91 Å². The van der Waals surface area contributed by atoms with Gasteiger partial charge in [0.15, 0.2) is 0 Å². The number of halogens is 2. The number of nitrogens with one attached hydrogen (secondary N) is 1. The number of benzene rings is 1. The van der Waals surface area contributed by atoms with Crippen molar-refractivity contribution in [2.75, 3.05) is 13.1 Å². The molecule has 1 N–H and O–H groups in total. The smallest absolute Gasteiger partial charge is 0.256 e. The highest BCUT2D eigenvalue weighted by Crippen LogP contribution is 2.30. The van der Waals surface area contributed by atoms with Crippen LogP contribution in [-0.4, -0.2) is 28.9 Å². The van der Waals surface area contributed by atoms with Crippen molar-refractivity contribution in [2.45, 2.75) is 6.42 Å². The van der Waals surface area contributed by atoms with Gasteiger partial charge in [0, 0.05) is 39.1 Å². The number of aromatic amines is 1. The Kier molecular flexibility index (Phi) is 2.75. The Morgan fingerprint density at radius 1 is 1.24 bits per heavy atom. The molecule has 3 nitrogen and oxygen atoms in total. The molecular formula is C12H10Br2N2O. The fraction of sp³-hybridized carbons (Fsp3) is 0.250. The number of aromatic nitrogens is 1. The van der Waals surface area contributed by atoms with E-state index < -0.39 is 0 Å². The second-order valence-corrected chi connectivity index (χ2v) is 5.87. The van der Waals surface area contributed by atoms with Crippen LogP contribution >= 0.6 is 31.9 Å². The lowest BCUT2D eigenvalue weighted by molar-refractivity contribution is 0.0654. The number of H-pyrrole nitrogens is 1. The Morgan fingerprint density at radius 2 is 1.94 bits per heavy atom. The summed E-state index contributed by atoms with van der Waals surface area (Å²) in [6, 6.07) is 3.95. The van der Waals surface area contributed by atoms with Crippen molar-refractivity contribution in [3.63, 3.8) is 0 Å². The summed E-state index contributed by atoms with van der Waals surface area (Å²) in [6.45, 7) is 1.76. The predicted octanol–water partition coefficient (Wildman–Crippen LogP) is 3.54. The lowest BCUT2D eigenvalue weighted by Crippen LogP contribution is -2.41. The third-order valence-corrected chi connectivity index (χ3v) is 4.94. The Labute approximate surface area is 115 Å². The van der Waals surface area contributed by atoms with E-state index in [2.05, 4.69) is 36.8 Å². The molecule has 5 heteroatoms. The van der Waals surface area contributed by atoms with Crippen LogP contribution in [0, 0.1) is 0 Å². The summed E-state index contributed by atoms with van der Waals surface area (Å²) >= 11 is 6.92. The summed E-state index contributed by atoms with van der Waals surface area (Å²) in [7, 11) is 0. The number of hydrogen-bond acceptors (Lipinski definition) is 1. The first kappa shape index (κ1) is 11.3. The highest BCUT2D eigenvalue weighted by atomic mass is 79.9. The lowest BCUT2D eigenvalue weighted by atomic mass is 10.1. The zero-order chi connectivity index (χ0) is 12.0. The zero-order valence-electron chi connectivity index (χ0n) is 8.96. The molecule has 1 aromatic heterocycles. The van der Waals surface area contributed by atoms with Crippen molar-refractivity contribution < 1.29 is 4.79 Å². The number of likely N-dealkylation sites (tertiary alicyclic amines) is 1. The van der Waals surface area contributed by atoms with Crippen molar-refractivity contribution in [3.05, 3.63) is 32.8 Å². The number of hydrogen-bond donors (Lipinski definition) is 1. The molecule has 1 aliphatic rings. The number of nitrogens with zero attached hydrogens (tertiary/aromatic N) is 1. The predicted molar refractivity (Wildman–Crippen MR) is 74.2 cm³/mol. The molecule has 1 fully saturated rings. The van der Waals surface area contributed by atoms with Gasteiger partial charge in [-0.1, -0.05) is 0 Å². The average Bonchev–Trinajstić information content (AvgIpc) is 2.59. The van der Waals surface area contributed by atoms with Crippen LogP contribution in [0.2, 0.25) is 0 Å². The van der Waals surface area contributed by atoms with Gasteiger partial charge < -0.3 is 9.88 Å². The molecule has 0 unspecified atom stereocenters. The van der Waals surface area contributed by atoms with Crippen molar-refractivity contribution >= 4 is 48.7 Å². The summed E-state index contributed by atoms with van der Waals surface area (Å²) < 4.78 is 1.94. The van der Waals surface area contributed by atoms with Gasteiger partial charge in [0.1, 0.15) is 0 Å². The van der Waals surface area contributed by atoms with E-state index in [0.717, 1.165) is 44.9 Å². The van der Waals surface area contributed by atoms with Gasteiger partial charge in [-0.25, -0.2) is 0 Å². The quantitative estimate of drug-likeness (QED) is 0.832. The van der Waals surface area contributed by atoms with Crippen molar-refractivity contribution in [1.29, 1.82) is 0 Å². The minimum Gasteiger partial charge on any atom is -0.360 e. The highest BCUT2D eigenvalue weighted by Gasteiger charge is 2.24. The monoisotopic (exact) mass is 356 g/mol. The van der Waals surface area contributed by atoms with Crippen molar-refractivity contribution in [2.24, 2.45) is 0 Å². The van der Waals surface area contributed by atoms with E-state index in [4.69, 9.17) is 0 Å². The Balaban J connectivity index is 2.10. The molecule has 17 heavy (non-hydrogen) atoms. The van der Waals surface area contributed by atoms with Gasteiger partial charge in [-0.3, -0.25) is 4.79 Å². The summed E-state index contributed by atoms with van der Waals surface area (Å²) in [5, 5.41) is 0.969. The number of fused-ring (bicyclic) bond motifs is 1. The van der Waals surface area contributed by atoms with Crippen LogP contribution in [0.5, 0.6) is 0 Å². The fourth-order valence-electron chi connectivity index (χ4n) is 1.98. The van der Waals surface area contributed by atoms with Crippen LogP contribution in [0.4, 0.5) is 0 Å². The third kappa shape index (κ3) is 1.81. The van der Waals surface area contributed by atoms with Crippen molar-refractivity contribution in [1.82, 2.24) is 9.88 Å². The van der Waals surface area contributed by atoms with Gasteiger partial charge >= 0.3 is 0 Å². The third-order valence-electron chi connectivity index (χ3n) is 3.10. The van der Waals surface area contributed by atoms with Crippen LogP contribution in [0.15, 0.2) is 27.3 Å². The SMILES string of the molecule is O=C(c1c[nH]c2cc(Br)c(Br)cc12)N1CCC1. The maximum Gasteiger partial charge on any atom is 0.256 e. The number of rotatable bonds is 1. The Bertz CT molecular complexity index is 602. The Morgan fingerprint density at radius 3 is 2.59 bits per heavy atom. The molecule has 1 aliphatic heterocycles. The van der Waals surface area contributed by atoms with Crippen LogP contribution in [0.25, 0.3) is 10.9 Å². The first-order chi connectivity index (χ1) is 8.16. The highest BCUT2D eigenvalue weighted by molar-refractivity contribution is 9.13. The van der Waals surface area contributed by atoms with Crippen molar-refractivity contribution in [3.8, 4) is 0 Å². The van der Waals surface area contributed by atoms with E-state index in [9.17, 15) is 4.79 Å². The second kappa shape index (κ2) is 4.14. The lowest BCUT2D eigenvalue weighted by Gasteiger charge is -2.30. The zero-order valence-corrected chi connectivity index (χ0v) is 12.1. The van der Waals surface area contributed by atoms with Gasteiger partial charge in [-0.2, -0.15) is 0 Å². The largest absolute Gasteiger partial charge is 0.360 e. The summed E-state index contributed by atoms with van der Waals surface area (Å²) in [6.07, 6.45) is 2.91. The molecule has 0 aliphatic carbocycles. The van der Waals surface area contributed by atoms with Crippen LogP contribution < -0.4 is 0 Å². The number of amides is 1. The van der Waals surface area contributed by atoms with E-state index in [0.29, 0.717) is 0 Å². The maximum atomic E-state index is 12.2. The summed E-state index contributed by atoms with van der Waals surface area (Å²) in [5.74, 6) is 0.122. The molecule has 0 bridgehead atoms. The molecule has 3 rings (SSSR count). The average molecular weight is 358 g/mol. The molecule has 1 amide bonds. The minimum atomic E-state index is 0.122. The molecule has 0 radical (unpaired) electrons. The van der Waals surface area contributed by atoms with Crippen LogP contribution in [0.3, 0.4) is 0 Å². The normalized spacial score (nSPS) is 15.1. The van der Waals surface area contributed by atoms with Gasteiger partial charge in [-0.05, 0) is 50.4 Å². The summed E-state index contributed by atoms with van der Waals surface area (Å²) in [4.78, 5) is 17.2. The topological polar surface area (TPSA) is 36.1 Å². The molecule has 88 valence electrons. The molecule has 0 spiro atoms. The summed E-state index contributed by atoms with van der Waals surface area (Å²) in [5.41, 5.74) is 1.73. The molecule has 1 saturated heterocycles. The first-order valence-corrected chi connectivity index (χ1v) is 7.01. The van der Waals surface area contributed by atoms with Gasteiger partial charge in [0.05, 0.1) is 5.56 Å². The van der Waals surface area contributed by atoms with E-state index in [1.165, 1.54) is 0 Å². The van der Waals surface area contributed by atoms with Gasteiger partial charge in [-0.15, -0.1) is 0 Å².